The van der Waals surface area contributed by atoms with Crippen LogP contribution in [0.1, 0.15) is 50.9 Å². The maximum absolute atomic E-state index is 12.1. The zero-order chi connectivity index (χ0) is 17.5. The SMILES string of the molecule is CCCCc1ccc(NC(=O)CSc2nnc(C(C)C)n2N)cc1. The highest BCUT2D eigenvalue weighted by atomic mass is 32.2. The summed E-state index contributed by atoms with van der Waals surface area (Å²) in [6.45, 7) is 6.18. The summed E-state index contributed by atoms with van der Waals surface area (Å²) < 4.78 is 1.45. The Morgan fingerprint density at radius 1 is 1.29 bits per heavy atom. The molecule has 0 aliphatic heterocycles. The summed E-state index contributed by atoms with van der Waals surface area (Å²) in [5.74, 6) is 6.99. The van der Waals surface area contributed by atoms with Gasteiger partial charge in [0.2, 0.25) is 11.1 Å². The third kappa shape index (κ3) is 4.99. The van der Waals surface area contributed by atoms with Crippen LogP contribution in [0.5, 0.6) is 0 Å². The molecule has 0 saturated carbocycles. The van der Waals surface area contributed by atoms with E-state index in [2.05, 4.69) is 34.6 Å². The summed E-state index contributed by atoms with van der Waals surface area (Å²) in [5, 5.41) is 11.5. The van der Waals surface area contributed by atoms with Gasteiger partial charge in [-0.2, -0.15) is 0 Å². The molecule has 0 aliphatic rings. The molecule has 7 heteroatoms. The van der Waals surface area contributed by atoms with Crippen molar-refractivity contribution in [1.82, 2.24) is 14.9 Å². The molecule has 0 aliphatic carbocycles. The fraction of sp³-hybridized carbons (Fsp3) is 0.471. The van der Waals surface area contributed by atoms with Crippen molar-refractivity contribution >= 4 is 23.4 Å². The average molecular weight is 347 g/mol. The van der Waals surface area contributed by atoms with Gasteiger partial charge in [0, 0.05) is 11.6 Å². The second-order valence-corrected chi connectivity index (χ2v) is 6.95. The Morgan fingerprint density at radius 2 is 2.00 bits per heavy atom. The summed E-state index contributed by atoms with van der Waals surface area (Å²) in [5.41, 5.74) is 2.10. The van der Waals surface area contributed by atoms with Gasteiger partial charge in [0.15, 0.2) is 5.82 Å². The molecule has 0 unspecified atom stereocenters. The van der Waals surface area contributed by atoms with Gasteiger partial charge in [0.05, 0.1) is 5.75 Å². The zero-order valence-electron chi connectivity index (χ0n) is 14.5. The second kappa shape index (κ2) is 8.73. The number of carbonyl (C=O) groups is 1. The van der Waals surface area contributed by atoms with Crippen LogP contribution in [-0.2, 0) is 11.2 Å². The number of hydrogen-bond acceptors (Lipinski definition) is 5. The number of hydrogen-bond donors (Lipinski definition) is 2. The van der Waals surface area contributed by atoms with Crippen molar-refractivity contribution in [2.24, 2.45) is 0 Å². The highest BCUT2D eigenvalue weighted by Crippen LogP contribution is 2.19. The number of benzene rings is 1. The highest BCUT2D eigenvalue weighted by Gasteiger charge is 2.14. The standard InChI is InChI=1S/C17H25N5OS/c1-4-5-6-13-7-9-14(10-8-13)19-15(23)11-24-17-21-20-16(12(2)3)22(17)18/h7-10,12H,4-6,11,18H2,1-3H3,(H,19,23). The number of aromatic nitrogens is 3. The van der Waals surface area contributed by atoms with Crippen LogP contribution in [-0.4, -0.2) is 26.5 Å². The van der Waals surface area contributed by atoms with Crippen LogP contribution in [0.15, 0.2) is 29.4 Å². The van der Waals surface area contributed by atoms with Crippen LogP contribution >= 0.6 is 11.8 Å². The number of nitrogen functional groups attached to an aromatic ring is 1. The monoisotopic (exact) mass is 347 g/mol. The number of nitrogens with zero attached hydrogens (tertiary/aromatic N) is 3. The summed E-state index contributed by atoms with van der Waals surface area (Å²) in [6.07, 6.45) is 3.44. The number of amides is 1. The Labute approximate surface area is 147 Å². The lowest BCUT2D eigenvalue weighted by atomic mass is 10.1. The first-order chi connectivity index (χ1) is 11.5. The van der Waals surface area contributed by atoms with Crippen molar-refractivity contribution in [2.75, 3.05) is 16.9 Å². The van der Waals surface area contributed by atoms with E-state index >= 15 is 0 Å². The number of rotatable bonds is 8. The van der Waals surface area contributed by atoms with E-state index in [9.17, 15) is 4.79 Å². The van der Waals surface area contributed by atoms with Gasteiger partial charge in [0.1, 0.15) is 0 Å². The van der Waals surface area contributed by atoms with Crippen molar-refractivity contribution in [2.45, 2.75) is 51.1 Å². The Bertz CT molecular complexity index is 666. The molecule has 1 aromatic heterocycles. The lowest BCUT2D eigenvalue weighted by Gasteiger charge is -2.07. The average Bonchev–Trinajstić information content (AvgIpc) is 2.93. The summed E-state index contributed by atoms with van der Waals surface area (Å²) in [4.78, 5) is 12.1. The molecule has 130 valence electrons. The first-order valence-corrected chi connectivity index (χ1v) is 9.21. The first kappa shape index (κ1) is 18.3. The van der Waals surface area contributed by atoms with E-state index in [0.29, 0.717) is 11.0 Å². The molecule has 2 aromatic rings. The predicted octanol–water partition coefficient (Wildman–Crippen LogP) is 3.19. The molecule has 0 spiro atoms. The normalized spacial score (nSPS) is 11.0. The number of thioether (sulfide) groups is 1. The quantitative estimate of drug-likeness (QED) is 0.566. The third-order valence-corrected chi connectivity index (χ3v) is 4.54. The molecule has 0 fully saturated rings. The fourth-order valence-electron chi connectivity index (χ4n) is 2.24. The van der Waals surface area contributed by atoms with E-state index in [0.717, 1.165) is 12.1 Å². The lowest BCUT2D eigenvalue weighted by Crippen LogP contribution is -2.17. The van der Waals surface area contributed by atoms with Crippen LogP contribution < -0.4 is 11.2 Å². The van der Waals surface area contributed by atoms with E-state index in [-0.39, 0.29) is 17.6 Å². The van der Waals surface area contributed by atoms with E-state index in [4.69, 9.17) is 5.84 Å². The molecule has 0 saturated heterocycles. The molecule has 1 aromatic carbocycles. The maximum atomic E-state index is 12.1. The van der Waals surface area contributed by atoms with Gasteiger partial charge in [-0.3, -0.25) is 4.79 Å². The summed E-state index contributed by atoms with van der Waals surface area (Å²) in [7, 11) is 0. The third-order valence-electron chi connectivity index (χ3n) is 3.60. The van der Waals surface area contributed by atoms with Crippen molar-refractivity contribution in [3.05, 3.63) is 35.7 Å². The largest absolute Gasteiger partial charge is 0.336 e. The molecule has 0 bridgehead atoms. The van der Waals surface area contributed by atoms with Crippen LogP contribution in [0.4, 0.5) is 5.69 Å². The maximum Gasteiger partial charge on any atom is 0.234 e. The number of nitrogens with one attached hydrogen (secondary N) is 1. The minimum absolute atomic E-state index is 0.0876. The number of anilines is 1. The van der Waals surface area contributed by atoms with E-state index in [1.165, 1.54) is 34.8 Å². The van der Waals surface area contributed by atoms with Crippen molar-refractivity contribution in [3.63, 3.8) is 0 Å². The Hall–Kier alpha value is -2.02. The smallest absolute Gasteiger partial charge is 0.234 e. The molecule has 3 N–H and O–H groups in total. The van der Waals surface area contributed by atoms with Crippen molar-refractivity contribution < 1.29 is 4.79 Å². The Kier molecular flexibility index (Phi) is 6.66. The van der Waals surface area contributed by atoms with Crippen molar-refractivity contribution in [3.8, 4) is 0 Å². The molecule has 6 nitrogen and oxygen atoms in total. The fourth-order valence-corrected chi connectivity index (χ4v) is 2.91. The molecule has 1 amide bonds. The van der Waals surface area contributed by atoms with Gasteiger partial charge >= 0.3 is 0 Å². The zero-order valence-corrected chi connectivity index (χ0v) is 15.3. The summed E-state index contributed by atoms with van der Waals surface area (Å²) in [6, 6.07) is 8.00. The minimum atomic E-state index is -0.0876. The molecule has 1 heterocycles. The number of aryl methyl sites for hydroxylation is 1. The molecule has 24 heavy (non-hydrogen) atoms. The first-order valence-electron chi connectivity index (χ1n) is 8.23. The van der Waals surface area contributed by atoms with E-state index in [1.54, 1.807) is 0 Å². The minimum Gasteiger partial charge on any atom is -0.336 e. The molecular formula is C17H25N5OS. The Balaban J connectivity index is 1.85. The van der Waals surface area contributed by atoms with Crippen LogP contribution in [0, 0.1) is 0 Å². The van der Waals surface area contributed by atoms with Gasteiger partial charge in [-0.25, -0.2) is 4.68 Å². The van der Waals surface area contributed by atoms with Crippen LogP contribution in [0.3, 0.4) is 0 Å². The van der Waals surface area contributed by atoms with Gasteiger partial charge < -0.3 is 11.2 Å². The predicted molar refractivity (Wildman–Crippen MR) is 98.7 cm³/mol. The van der Waals surface area contributed by atoms with Crippen LogP contribution in [0.2, 0.25) is 0 Å². The van der Waals surface area contributed by atoms with Crippen LogP contribution in [0.25, 0.3) is 0 Å². The molecule has 2 rings (SSSR count). The van der Waals surface area contributed by atoms with Gasteiger partial charge in [-0.05, 0) is 30.5 Å². The molecule has 0 atom stereocenters. The van der Waals surface area contributed by atoms with Gasteiger partial charge in [-0.15, -0.1) is 10.2 Å². The topological polar surface area (TPSA) is 85.8 Å². The molecular weight excluding hydrogens is 322 g/mol. The number of unbranched alkanes of at least 4 members (excludes halogenated alkanes) is 1. The van der Waals surface area contributed by atoms with Crippen molar-refractivity contribution in [1.29, 1.82) is 0 Å². The van der Waals surface area contributed by atoms with E-state index in [1.807, 2.05) is 26.0 Å². The van der Waals surface area contributed by atoms with Gasteiger partial charge in [0.25, 0.3) is 0 Å². The highest BCUT2D eigenvalue weighted by molar-refractivity contribution is 7.99. The summed E-state index contributed by atoms with van der Waals surface area (Å²) >= 11 is 1.28. The number of nitrogens with two attached hydrogens (primary N) is 1. The second-order valence-electron chi connectivity index (χ2n) is 6.00. The molecule has 0 radical (unpaired) electrons. The van der Waals surface area contributed by atoms with Gasteiger partial charge in [-0.1, -0.05) is 51.1 Å². The number of carbonyl (C=O) groups excluding carboxylic acids is 1. The lowest BCUT2D eigenvalue weighted by molar-refractivity contribution is -0.113. The van der Waals surface area contributed by atoms with E-state index < -0.39 is 0 Å². The Morgan fingerprint density at radius 3 is 2.58 bits per heavy atom.